The standard InChI is InChI=1S/C31H45NO4/c1-7-30(8-2)21-31(20-28(4,5)32(30)36-25(3)27-17-13-10-14-18-27)34-23-29(6,24-35-31)22-33-19-26-15-11-9-12-16-26/h9-18,25H,7-8,19-24H2,1-6H3. The molecule has 198 valence electrons. The predicted octanol–water partition coefficient (Wildman–Crippen LogP) is 7.08. The average molecular weight is 496 g/mol. The lowest BCUT2D eigenvalue weighted by Crippen LogP contribution is -2.69. The van der Waals surface area contributed by atoms with Crippen molar-refractivity contribution in [3.8, 4) is 0 Å². The first-order valence-corrected chi connectivity index (χ1v) is 13.6. The summed E-state index contributed by atoms with van der Waals surface area (Å²) < 4.78 is 19.4. The number of piperidine rings is 1. The van der Waals surface area contributed by atoms with Crippen LogP contribution in [0.4, 0.5) is 0 Å². The largest absolute Gasteiger partial charge is 0.376 e. The lowest BCUT2D eigenvalue weighted by molar-refractivity contribution is -0.396. The molecule has 2 aromatic rings. The van der Waals surface area contributed by atoms with Gasteiger partial charge in [0, 0.05) is 23.8 Å². The molecule has 5 heteroatoms. The molecule has 0 aliphatic carbocycles. The average Bonchev–Trinajstić information content (AvgIpc) is 2.88. The molecule has 0 bridgehead atoms. The Bertz CT molecular complexity index is 949. The zero-order valence-electron chi connectivity index (χ0n) is 23.1. The van der Waals surface area contributed by atoms with Crippen molar-refractivity contribution in [2.24, 2.45) is 5.41 Å². The first-order chi connectivity index (χ1) is 17.1. The normalized spacial score (nSPS) is 28.7. The Hall–Kier alpha value is -1.76. The fourth-order valence-electron chi connectivity index (χ4n) is 5.97. The molecule has 0 saturated carbocycles. The fourth-order valence-corrected chi connectivity index (χ4v) is 5.97. The summed E-state index contributed by atoms with van der Waals surface area (Å²) in [5.74, 6) is -0.607. The van der Waals surface area contributed by atoms with Crippen molar-refractivity contribution in [1.29, 1.82) is 0 Å². The van der Waals surface area contributed by atoms with Crippen molar-refractivity contribution in [2.45, 2.75) is 96.8 Å². The van der Waals surface area contributed by atoms with Gasteiger partial charge < -0.3 is 14.2 Å². The van der Waals surface area contributed by atoms with Gasteiger partial charge in [-0.25, -0.2) is 0 Å². The van der Waals surface area contributed by atoms with Crippen LogP contribution in [0.2, 0.25) is 0 Å². The maximum Gasteiger partial charge on any atom is 0.172 e. The zero-order valence-corrected chi connectivity index (χ0v) is 23.1. The van der Waals surface area contributed by atoms with Gasteiger partial charge in [-0.05, 0) is 44.7 Å². The molecule has 1 unspecified atom stereocenters. The molecule has 0 amide bonds. The molecule has 2 aromatic carbocycles. The SMILES string of the molecule is CCC1(CC)CC2(CC(C)(C)N1OC(C)c1ccccc1)OCC(C)(COCc1ccccc1)CO2. The van der Waals surface area contributed by atoms with E-state index >= 15 is 0 Å². The molecule has 0 radical (unpaired) electrons. The van der Waals surface area contributed by atoms with E-state index in [1.807, 2.05) is 24.3 Å². The monoisotopic (exact) mass is 495 g/mol. The number of ether oxygens (including phenoxy) is 3. The number of nitrogens with zero attached hydrogens (tertiary/aromatic N) is 1. The predicted molar refractivity (Wildman–Crippen MR) is 143 cm³/mol. The molecule has 2 aliphatic heterocycles. The molecule has 1 atom stereocenters. The Balaban J connectivity index is 1.44. The Morgan fingerprint density at radius 1 is 0.861 bits per heavy atom. The maximum atomic E-state index is 6.76. The van der Waals surface area contributed by atoms with E-state index in [9.17, 15) is 0 Å². The van der Waals surface area contributed by atoms with E-state index in [0.29, 0.717) is 26.4 Å². The Morgan fingerprint density at radius 3 is 2.03 bits per heavy atom. The summed E-state index contributed by atoms with van der Waals surface area (Å²) in [7, 11) is 0. The van der Waals surface area contributed by atoms with Crippen molar-refractivity contribution in [3.05, 3.63) is 71.8 Å². The van der Waals surface area contributed by atoms with Crippen LogP contribution >= 0.6 is 0 Å². The van der Waals surface area contributed by atoms with Gasteiger partial charge in [0.1, 0.15) is 6.10 Å². The highest BCUT2D eigenvalue weighted by Crippen LogP contribution is 2.52. The van der Waals surface area contributed by atoms with Crippen LogP contribution in [0.1, 0.15) is 84.5 Å². The molecule has 4 rings (SSSR count). The van der Waals surface area contributed by atoms with Gasteiger partial charge >= 0.3 is 0 Å². The summed E-state index contributed by atoms with van der Waals surface area (Å²) in [5.41, 5.74) is 1.77. The van der Waals surface area contributed by atoms with Crippen LogP contribution in [0.5, 0.6) is 0 Å². The van der Waals surface area contributed by atoms with Gasteiger partial charge in [-0.1, -0.05) is 81.4 Å². The van der Waals surface area contributed by atoms with E-state index in [4.69, 9.17) is 19.0 Å². The molecule has 36 heavy (non-hydrogen) atoms. The van der Waals surface area contributed by atoms with Crippen molar-refractivity contribution >= 4 is 0 Å². The van der Waals surface area contributed by atoms with E-state index < -0.39 is 5.79 Å². The van der Waals surface area contributed by atoms with E-state index in [-0.39, 0.29) is 22.6 Å². The minimum absolute atomic E-state index is 0.0322. The zero-order chi connectivity index (χ0) is 25.9. The Kier molecular flexibility index (Phi) is 8.28. The molecule has 1 spiro atoms. The van der Waals surface area contributed by atoms with Crippen LogP contribution in [0.3, 0.4) is 0 Å². The smallest absolute Gasteiger partial charge is 0.172 e. The number of hydroxylamine groups is 2. The van der Waals surface area contributed by atoms with Gasteiger partial charge in [-0.3, -0.25) is 4.84 Å². The highest BCUT2D eigenvalue weighted by molar-refractivity contribution is 5.17. The molecule has 2 saturated heterocycles. The number of rotatable bonds is 9. The van der Waals surface area contributed by atoms with E-state index in [2.05, 4.69) is 83.0 Å². The number of benzene rings is 2. The number of hydrogen-bond donors (Lipinski definition) is 0. The van der Waals surface area contributed by atoms with Crippen LogP contribution in [0, 0.1) is 5.41 Å². The second-order valence-corrected chi connectivity index (χ2v) is 11.8. The van der Waals surface area contributed by atoms with Gasteiger partial charge in [0.25, 0.3) is 0 Å². The highest BCUT2D eigenvalue weighted by Gasteiger charge is 2.59. The third-order valence-electron chi connectivity index (χ3n) is 8.06. The quantitative estimate of drug-likeness (QED) is 0.372. The second-order valence-electron chi connectivity index (χ2n) is 11.8. The first-order valence-electron chi connectivity index (χ1n) is 13.6. The summed E-state index contributed by atoms with van der Waals surface area (Å²) in [4.78, 5) is 6.76. The third-order valence-corrected chi connectivity index (χ3v) is 8.06. The summed E-state index contributed by atoms with van der Waals surface area (Å²) in [6.45, 7) is 15.8. The number of hydrogen-bond acceptors (Lipinski definition) is 5. The maximum absolute atomic E-state index is 6.76. The molecular weight excluding hydrogens is 450 g/mol. The van der Waals surface area contributed by atoms with E-state index in [1.165, 1.54) is 11.1 Å². The molecule has 5 nitrogen and oxygen atoms in total. The van der Waals surface area contributed by atoms with Gasteiger partial charge in [-0.15, -0.1) is 0 Å². The molecule has 2 aliphatic rings. The van der Waals surface area contributed by atoms with Crippen molar-refractivity contribution in [3.63, 3.8) is 0 Å². The lowest BCUT2D eigenvalue weighted by atomic mass is 9.72. The highest BCUT2D eigenvalue weighted by atomic mass is 16.7. The van der Waals surface area contributed by atoms with E-state index in [0.717, 1.165) is 25.7 Å². The minimum Gasteiger partial charge on any atom is -0.376 e. The van der Waals surface area contributed by atoms with Gasteiger partial charge in [0.15, 0.2) is 5.79 Å². The van der Waals surface area contributed by atoms with Gasteiger partial charge in [0.2, 0.25) is 0 Å². The van der Waals surface area contributed by atoms with Gasteiger partial charge in [0.05, 0.1) is 32.0 Å². The first kappa shape index (κ1) is 27.3. The summed E-state index contributed by atoms with van der Waals surface area (Å²) in [6, 6.07) is 20.8. The van der Waals surface area contributed by atoms with Crippen LogP contribution in [0.15, 0.2) is 60.7 Å². The fraction of sp³-hybridized carbons (Fsp3) is 0.613. The Labute approximate surface area is 218 Å². The van der Waals surface area contributed by atoms with Crippen molar-refractivity contribution in [2.75, 3.05) is 19.8 Å². The molecule has 0 N–H and O–H groups in total. The van der Waals surface area contributed by atoms with Crippen molar-refractivity contribution in [1.82, 2.24) is 5.06 Å². The summed E-state index contributed by atoms with van der Waals surface area (Å²) >= 11 is 0. The molecule has 2 fully saturated rings. The summed E-state index contributed by atoms with van der Waals surface area (Å²) in [6.07, 6.45) is 3.43. The van der Waals surface area contributed by atoms with E-state index in [1.54, 1.807) is 0 Å². The van der Waals surface area contributed by atoms with Crippen LogP contribution in [0.25, 0.3) is 0 Å². The van der Waals surface area contributed by atoms with Crippen LogP contribution in [-0.4, -0.2) is 41.7 Å². The molecular formula is C31H45NO4. The third kappa shape index (κ3) is 5.87. The second kappa shape index (κ2) is 10.9. The summed E-state index contributed by atoms with van der Waals surface area (Å²) in [5, 5.41) is 2.28. The van der Waals surface area contributed by atoms with Crippen molar-refractivity contribution < 1.29 is 19.0 Å². The lowest BCUT2D eigenvalue weighted by Gasteiger charge is -2.61. The Morgan fingerprint density at radius 2 is 1.44 bits per heavy atom. The molecule has 2 heterocycles. The van der Waals surface area contributed by atoms with Crippen LogP contribution < -0.4 is 0 Å². The van der Waals surface area contributed by atoms with Gasteiger partial charge in [-0.2, -0.15) is 5.06 Å². The van der Waals surface area contributed by atoms with Crippen LogP contribution in [-0.2, 0) is 25.7 Å². The topological polar surface area (TPSA) is 40.2 Å². The minimum atomic E-state index is -0.607. The molecule has 0 aromatic heterocycles.